The van der Waals surface area contributed by atoms with Gasteiger partial charge in [0, 0.05) is 40.8 Å². The predicted molar refractivity (Wildman–Crippen MR) is 78.9 cm³/mol. The quantitative estimate of drug-likeness (QED) is 0.731. The minimum absolute atomic E-state index is 0.238. The molecule has 1 heterocycles. The van der Waals surface area contributed by atoms with Crippen molar-refractivity contribution >= 4 is 6.09 Å². The van der Waals surface area contributed by atoms with Gasteiger partial charge in [0.05, 0.1) is 0 Å². The van der Waals surface area contributed by atoms with Gasteiger partial charge in [-0.15, -0.1) is 0 Å². The van der Waals surface area contributed by atoms with Crippen LogP contribution in [0.4, 0.5) is 4.79 Å². The van der Waals surface area contributed by atoms with Crippen LogP contribution in [0.25, 0.3) is 0 Å². The third-order valence-corrected chi connectivity index (χ3v) is 3.74. The minimum Gasteiger partial charge on any atom is -0.444 e. The third kappa shape index (κ3) is 5.45. The number of methoxy groups -OCH3 is 3. The third-order valence-electron chi connectivity index (χ3n) is 3.74. The molecule has 1 aliphatic heterocycles. The van der Waals surface area contributed by atoms with E-state index in [1.165, 1.54) is 0 Å². The molecule has 0 radical (unpaired) electrons. The first-order valence-electron chi connectivity index (χ1n) is 7.38. The second-order valence-corrected chi connectivity index (χ2v) is 6.41. The molecule has 6 nitrogen and oxygen atoms in total. The molecule has 124 valence electrons. The summed E-state index contributed by atoms with van der Waals surface area (Å²) in [4.78, 5) is 13.8. The molecule has 1 rings (SSSR count). The van der Waals surface area contributed by atoms with Gasteiger partial charge in [0.1, 0.15) is 5.60 Å². The summed E-state index contributed by atoms with van der Waals surface area (Å²) in [7, 11) is 4.72. The van der Waals surface area contributed by atoms with Crippen LogP contribution in [0.1, 0.15) is 40.0 Å². The van der Waals surface area contributed by atoms with Gasteiger partial charge in [0.2, 0.25) is 0 Å². The van der Waals surface area contributed by atoms with Crippen LogP contribution in [0, 0.1) is 5.92 Å². The molecule has 1 fully saturated rings. The number of likely N-dealkylation sites (tertiary alicyclic amines) is 1. The van der Waals surface area contributed by atoms with Crippen molar-refractivity contribution in [3.63, 3.8) is 0 Å². The molecule has 0 aromatic heterocycles. The van der Waals surface area contributed by atoms with Crippen molar-refractivity contribution in [2.75, 3.05) is 34.4 Å². The van der Waals surface area contributed by atoms with Crippen molar-refractivity contribution in [2.45, 2.75) is 51.6 Å². The Morgan fingerprint density at radius 2 is 1.52 bits per heavy atom. The number of amides is 1. The summed E-state index contributed by atoms with van der Waals surface area (Å²) in [6.45, 7) is 7.00. The van der Waals surface area contributed by atoms with Crippen LogP contribution in [-0.2, 0) is 18.9 Å². The van der Waals surface area contributed by atoms with Crippen molar-refractivity contribution in [3.05, 3.63) is 0 Å². The summed E-state index contributed by atoms with van der Waals surface area (Å²) in [6, 6.07) is 0. The van der Waals surface area contributed by atoms with Crippen molar-refractivity contribution in [2.24, 2.45) is 5.92 Å². The van der Waals surface area contributed by atoms with E-state index in [0.29, 0.717) is 25.4 Å². The number of nitrogens with zero attached hydrogens (tertiary/aromatic N) is 1. The van der Waals surface area contributed by atoms with E-state index in [0.717, 1.165) is 12.8 Å². The Morgan fingerprint density at radius 1 is 1.05 bits per heavy atom. The highest BCUT2D eigenvalue weighted by Gasteiger charge is 2.35. The fourth-order valence-electron chi connectivity index (χ4n) is 2.50. The van der Waals surface area contributed by atoms with Crippen molar-refractivity contribution < 1.29 is 23.7 Å². The molecule has 0 aliphatic carbocycles. The van der Waals surface area contributed by atoms with Gasteiger partial charge in [0.15, 0.2) is 0 Å². The van der Waals surface area contributed by atoms with Gasteiger partial charge in [-0.1, -0.05) is 0 Å². The lowest BCUT2D eigenvalue weighted by Gasteiger charge is -2.37. The van der Waals surface area contributed by atoms with E-state index >= 15 is 0 Å². The molecule has 0 aromatic rings. The van der Waals surface area contributed by atoms with Gasteiger partial charge in [-0.05, 0) is 39.5 Å². The molecular weight excluding hydrogens is 274 g/mol. The summed E-state index contributed by atoms with van der Waals surface area (Å²) < 4.78 is 21.4. The number of ether oxygens (including phenoxy) is 4. The van der Waals surface area contributed by atoms with Crippen LogP contribution in [-0.4, -0.2) is 57.0 Å². The molecule has 6 heteroatoms. The average Bonchev–Trinajstić information content (AvgIpc) is 2.44. The highest BCUT2D eigenvalue weighted by molar-refractivity contribution is 5.68. The molecule has 1 aliphatic rings. The topological polar surface area (TPSA) is 57.2 Å². The second kappa shape index (κ2) is 7.42. The highest BCUT2D eigenvalue weighted by atomic mass is 16.9. The molecule has 0 aromatic carbocycles. The van der Waals surface area contributed by atoms with E-state index < -0.39 is 11.6 Å². The Bertz CT molecular complexity index is 319. The van der Waals surface area contributed by atoms with E-state index in [-0.39, 0.29) is 6.09 Å². The zero-order valence-electron chi connectivity index (χ0n) is 14.1. The van der Waals surface area contributed by atoms with Gasteiger partial charge in [0.25, 0.3) is 5.97 Å². The van der Waals surface area contributed by atoms with E-state index in [9.17, 15) is 4.79 Å². The molecular formula is C15H29NO5. The number of carbonyl (C=O) groups excluding carboxylic acids is 1. The van der Waals surface area contributed by atoms with Crippen molar-refractivity contribution in [3.8, 4) is 0 Å². The SMILES string of the molecule is COC(CC1CCN(C(=O)OC(C)(C)C)CC1)(OC)OC. The maximum Gasteiger partial charge on any atom is 0.410 e. The number of hydrogen-bond acceptors (Lipinski definition) is 5. The lowest BCUT2D eigenvalue weighted by atomic mass is 9.92. The minimum atomic E-state index is -0.987. The summed E-state index contributed by atoms with van der Waals surface area (Å²) >= 11 is 0. The number of rotatable bonds is 5. The maximum absolute atomic E-state index is 12.0. The van der Waals surface area contributed by atoms with Gasteiger partial charge >= 0.3 is 6.09 Å². The molecule has 21 heavy (non-hydrogen) atoms. The lowest BCUT2D eigenvalue weighted by molar-refractivity contribution is -0.360. The molecule has 0 bridgehead atoms. The molecule has 0 atom stereocenters. The maximum atomic E-state index is 12.0. The summed E-state index contributed by atoms with van der Waals surface area (Å²) in [5, 5.41) is 0. The summed E-state index contributed by atoms with van der Waals surface area (Å²) in [6.07, 6.45) is 2.18. The Hall–Kier alpha value is -0.850. The van der Waals surface area contributed by atoms with Crippen LogP contribution >= 0.6 is 0 Å². The Labute approximate surface area is 127 Å². The lowest BCUT2D eigenvalue weighted by Crippen LogP contribution is -2.44. The van der Waals surface area contributed by atoms with Gasteiger partial charge in [-0.3, -0.25) is 0 Å². The first-order chi connectivity index (χ1) is 9.75. The monoisotopic (exact) mass is 303 g/mol. The fraction of sp³-hybridized carbons (Fsp3) is 0.933. The molecule has 0 saturated carbocycles. The summed E-state index contributed by atoms with van der Waals surface area (Å²) in [5.41, 5.74) is -0.453. The number of carbonyl (C=O) groups is 1. The normalized spacial score (nSPS) is 17.9. The van der Waals surface area contributed by atoms with Crippen molar-refractivity contribution in [1.29, 1.82) is 0 Å². The van der Waals surface area contributed by atoms with E-state index in [4.69, 9.17) is 18.9 Å². The van der Waals surface area contributed by atoms with Crippen LogP contribution in [0.3, 0.4) is 0 Å². The van der Waals surface area contributed by atoms with Gasteiger partial charge in [-0.25, -0.2) is 4.79 Å². The Morgan fingerprint density at radius 3 is 1.90 bits per heavy atom. The number of piperidine rings is 1. The van der Waals surface area contributed by atoms with Crippen LogP contribution < -0.4 is 0 Å². The van der Waals surface area contributed by atoms with Gasteiger partial charge in [-0.2, -0.15) is 0 Å². The van der Waals surface area contributed by atoms with Crippen LogP contribution in [0.2, 0.25) is 0 Å². The highest BCUT2D eigenvalue weighted by Crippen LogP contribution is 2.30. The zero-order valence-corrected chi connectivity index (χ0v) is 14.1. The zero-order chi connectivity index (χ0) is 16.1. The average molecular weight is 303 g/mol. The smallest absolute Gasteiger partial charge is 0.410 e. The second-order valence-electron chi connectivity index (χ2n) is 6.41. The molecule has 0 spiro atoms. The first kappa shape index (κ1) is 18.2. The van der Waals surface area contributed by atoms with Crippen LogP contribution in [0.15, 0.2) is 0 Å². The van der Waals surface area contributed by atoms with Gasteiger partial charge < -0.3 is 23.8 Å². The molecule has 0 N–H and O–H groups in total. The fourth-order valence-corrected chi connectivity index (χ4v) is 2.50. The molecule has 1 saturated heterocycles. The van der Waals surface area contributed by atoms with Crippen molar-refractivity contribution in [1.82, 2.24) is 4.90 Å². The Balaban J connectivity index is 2.47. The predicted octanol–water partition coefficient (Wildman–Crippen LogP) is 2.62. The van der Waals surface area contributed by atoms with E-state index in [2.05, 4.69) is 0 Å². The molecule has 0 unspecified atom stereocenters. The van der Waals surface area contributed by atoms with E-state index in [1.54, 1.807) is 26.2 Å². The first-order valence-corrected chi connectivity index (χ1v) is 7.38. The van der Waals surface area contributed by atoms with E-state index in [1.807, 2.05) is 20.8 Å². The van der Waals surface area contributed by atoms with Crippen LogP contribution in [0.5, 0.6) is 0 Å². The Kier molecular flexibility index (Phi) is 6.43. The summed E-state index contributed by atoms with van der Waals surface area (Å²) in [5.74, 6) is -0.595. The number of hydrogen-bond donors (Lipinski definition) is 0. The largest absolute Gasteiger partial charge is 0.444 e. The standard InChI is InChI=1S/C15H29NO5/c1-14(2,3)21-13(17)16-9-7-12(8-10-16)11-15(18-4,19-5)20-6/h12H,7-11H2,1-6H3. The molecule has 1 amide bonds.